The number of rotatable bonds is 5. The van der Waals surface area contributed by atoms with Crippen LogP contribution in [0.15, 0.2) is 36.5 Å². The van der Waals surface area contributed by atoms with Gasteiger partial charge in [0, 0.05) is 6.04 Å². The molecular formula is C16H21N5O. The summed E-state index contributed by atoms with van der Waals surface area (Å²) in [5, 5.41) is 11.0. The van der Waals surface area contributed by atoms with Crippen molar-refractivity contribution >= 4 is 5.91 Å². The second-order valence-electron chi connectivity index (χ2n) is 5.79. The molecule has 2 aromatic rings. The summed E-state index contributed by atoms with van der Waals surface area (Å²) in [6, 6.07) is 10.1. The minimum atomic E-state index is -0.162. The van der Waals surface area contributed by atoms with Crippen LogP contribution in [0.4, 0.5) is 0 Å². The van der Waals surface area contributed by atoms with Crippen molar-refractivity contribution in [2.75, 3.05) is 6.54 Å². The maximum Gasteiger partial charge on any atom is 0.273 e. The van der Waals surface area contributed by atoms with Crippen LogP contribution in [-0.2, 0) is 6.54 Å². The minimum absolute atomic E-state index is 0.162. The molecule has 6 heteroatoms. The van der Waals surface area contributed by atoms with Gasteiger partial charge < -0.3 is 11.1 Å². The molecule has 1 aliphatic carbocycles. The highest BCUT2D eigenvalue weighted by Crippen LogP contribution is 2.24. The second kappa shape index (κ2) is 6.70. The summed E-state index contributed by atoms with van der Waals surface area (Å²) in [6.07, 6.45) is 4.89. The van der Waals surface area contributed by atoms with Crippen LogP contribution in [-0.4, -0.2) is 33.5 Å². The maximum absolute atomic E-state index is 12.3. The van der Waals surface area contributed by atoms with E-state index in [9.17, 15) is 4.79 Å². The van der Waals surface area contributed by atoms with Gasteiger partial charge in [-0.15, -0.1) is 5.10 Å². The molecule has 0 bridgehead atoms. The first-order chi connectivity index (χ1) is 10.8. The molecule has 0 saturated heterocycles. The molecule has 0 radical (unpaired) electrons. The Labute approximate surface area is 129 Å². The molecule has 22 heavy (non-hydrogen) atoms. The van der Waals surface area contributed by atoms with Gasteiger partial charge in [0.2, 0.25) is 0 Å². The highest BCUT2D eigenvalue weighted by Gasteiger charge is 2.28. The number of nitrogens with two attached hydrogens (primary N) is 1. The van der Waals surface area contributed by atoms with Crippen LogP contribution < -0.4 is 11.1 Å². The van der Waals surface area contributed by atoms with Crippen molar-refractivity contribution in [1.29, 1.82) is 0 Å². The average molecular weight is 299 g/mol. The Balaban J connectivity index is 1.62. The van der Waals surface area contributed by atoms with E-state index in [-0.39, 0.29) is 11.9 Å². The fourth-order valence-corrected chi connectivity index (χ4v) is 3.00. The summed E-state index contributed by atoms with van der Waals surface area (Å²) in [4.78, 5) is 12.3. The van der Waals surface area contributed by atoms with Crippen LogP contribution in [0, 0.1) is 5.92 Å². The van der Waals surface area contributed by atoms with Gasteiger partial charge in [0.25, 0.3) is 5.91 Å². The van der Waals surface area contributed by atoms with E-state index in [4.69, 9.17) is 5.73 Å². The lowest BCUT2D eigenvalue weighted by Gasteiger charge is -2.18. The average Bonchev–Trinajstić information content (AvgIpc) is 3.17. The van der Waals surface area contributed by atoms with Crippen molar-refractivity contribution < 1.29 is 4.79 Å². The van der Waals surface area contributed by atoms with Crippen LogP contribution >= 0.6 is 0 Å². The van der Waals surface area contributed by atoms with Gasteiger partial charge in [0.05, 0.1) is 12.7 Å². The van der Waals surface area contributed by atoms with Crippen molar-refractivity contribution in [2.45, 2.75) is 31.8 Å². The van der Waals surface area contributed by atoms with Crippen molar-refractivity contribution in [1.82, 2.24) is 20.3 Å². The zero-order chi connectivity index (χ0) is 15.4. The molecule has 1 aromatic heterocycles. The molecule has 0 aliphatic heterocycles. The van der Waals surface area contributed by atoms with Crippen LogP contribution in [0.5, 0.6) is 0 Å². The van der Waals surface area contributed by atoms with Crippen LogP contribution in [0.25, 0.3) is 0 Å². The Hall–Kier alpha value is -2.21. The number of aromatic nitrogens is 3. The van der Waals surface area contributed by atoms with Gasteiger partial charge in [0.15, 0.2) is 5.69 Å². The van der Waals surface area contributed by atoms with Gasteiger partial charge in [-0.3, -0.25) is 4.79 Å². The lowest BCUT2D eigenvalue weighted by Crippen LogP contribution is -2.40. The summed E-state index contributed by atoms with van der Waals surface area (Å²) in [5.41, 5.74) is 7.23. The molecule has 3 rings (SSSR count). The fraction of sp³-hybridized carbons (Fsp3) is 0.438. The fourth-order valence-electron chi connectivity index (χ4n) is 3.00. The summed E-state index contributed by atoms with van der Waals surface area (Å²) in [6.45, 7) is 1.22. The molecule has 1 saturated carbocycles. The summed E-state index contributed by atoms with van der Waals surface area (Å²) < 4.78 is 1.68. The molecule has 2 atom stereocenters. The third-order valence-electron chi connectivity index (χ3n) is 4.24. The molecule has 1 aliphatic rings. The third kappa shape index (κ3) is 3.33. The van der Waals surface area contributed by atoms with E-state index in [1.54, 1.807) is 10.9 Å². The van der Waals surface area contributed by atoms with Crippen LogP contribution in [0.1, 0.15) is 35.3 Å². The Kier molecular flexibility index (Phi) is 4.48. The molecule has 1 aromatic carbocycles. The Bertz CT molecular complexity index is 624. The van der Waals surface area contributed by atoms with Gasteiger partial charge in [-0.2, -0.15) is 0 Å². The van der Waals surface area contributed by atoms with E-state index in [2.05, 4.69) is 15.6 Å². The topological polar surface area (TPSA) is 85.8 Å². The van der Waals surface area contributed by atoms with Crippen molar-refractivity contribution in [3.05, 3.63) is 47.8 Å². The van der Waals surface area contributed by atoms with Crippen LogP contribution in [0.3, 0.4) is 0 Å². The number of hydrogen-bond donors (Lipinski definition) is 2. The SMILES string of the molecule is NCC1CCCC1NC(=O)c1cn(Cc2ccccc2)nn1. The van der Waals surface area contributed by atoms with Gasteiger partial charge in [-0.05, 0) is 30.9 Å². The summed E-state index contributed by atoms with van der Waals surface area (Å²) >= 11 is 0. The van der Waals surface area contributed by atoms with E-state index >= 15 is 0 Å². The summed E-state index contributed by atoms with van der Waals surface area (Å²) in [7, 11) is 0. The molecule has 0 spiro atoms. The predicted octanol–water partition coefficient (Wildman–Crippen LogP) is 1.18. The molecule has 1 fully saturated rings. The first kappa shape index (κ1) is 14.7. The lowest BCUT2D eigenvalue weighted by atomic mass is 10.0. The zero-order valence-corrected chi connectivity index (χ0v) is 12.5. The van der Waals surface area contributed by atoms with E-state index < -0.39 is 0 Å². The third-order valence-corrected chi connectivity index (χ3v) is 4.24. The van der Waals surface area contributed by atoms with E-state index in [1.807, 2.05) is 30.3 Å². The molecule has 116 valence electrons. The number of amides is 1. The van der Waals surface area contributed by atoms with Crippen molar-refractivity contribution in [3.8, 4) is 0 Å². The number of carbonyl (C=O) groups is 1. The monoisotopic (exact) mass is 299 g/mol. The van der Waals surface area contributed by atoms with Gasteiger partial charge in [0.1, 0.15) is 0 Å². The predicted molar refractivity (Wildman–Crippen MR) is 83.2 cm³/mol. The van der Waals surface area contributed by atoms with E-state index in [0.717, 1.165) is 24.8 Å². The maximum atomic E-state index is 12.3. The second-order valence-corrected chi connectivity index (χ2v) is 5.79. The molecule has 1 amide bonds. The first-order valence-corrected chi connectivity index (χ1v) is 7.71. The first-order valence-electron chi connectivity index (χ1n) is 7.71. The largest absolute Gasteiger partial charge is 0.348 e. The molecule has 3 N–H and O–H groups in total. The zero-order valence-electron chi connectivity index (χ0n) is 12.5. The number of carbonyl (C=O) groups excluding carboxylic acids is 1. The molecule has 6 nitrogen and oxygen atoms in total. The Morgan fingerprint density at radius 2 is 2.14 bits per heavy atom. The van der Waals surface area contributed by atoms with Crippen LogP contribution in [0.2, 0.25) is 0 Å². The quantitative estimate of drug-likeness (QED) is 0.868. The molecule has 2 unspecified atom stereocenters. The summed E-state index contributed by atoms with van der Waals surface area (Å²) in [5.74, 6) is 0.216. The minimum Gasteiger partial charge on any atom is -0.348 e. The van der Waals surface area contributed by atoms with E-state index in [1.165, 1.54) is 0 Å². The normalized spacial score (nSPS) is 21.0. The van der Waals surface area contributed by atoms with Gasteiger partial charge in [-0.1, -0.05) is 42.0 Å². The Morgan fingerprint density at radius 1 is 1.32 bits per heavy atom. The van der Waals surface area contributed by atoms with Crippen molar-refractivity contribution in [3.63, 3.8) is 0 Å². The number of hydrogen-bond acceptors (Lipinski definition) is 4. The standard InChI is InChI=1S/C16H21N5O/c17-9-13-7-4-8-14(13)18-16(22)15-11-21(20-19-15)10-12-5-2-1-3-6-12/h1-3,5-6,11,13-14H,4,7-10,17H2,(H,18,22). The highest BCUT2D eigenvalue weighted by molar-refractivity contribution is 5.92. The lowest BCUT2D eigenvalue weighted by molar-refractivity contribution is 0.0923. The number of nitrogens with zero attached hydrogens (tertiary/aromatic N) is 3. The van der Waals surface area contributed by atoms with Gasteiger partial charge in [-0.25, -0.2) is 4.68 Å². The molecular weight excluding hydrogens is 278 g/mol. The molecule has 1 heterocycles. The number of nitrogens with one attached hydrogen (secondary N) is 1. The highest BCUT2D eigenvalue weighted by atomic mass is 16.2. The smallest absolute Gasteiger partial charge is 0.273 e. The number of benzene rings is 1. The van der Waals surface area contributed by atoms with Gasteiger partial charge >= 0.3 is 0 Å². The van der Waals surface area contributed by atoms with Crippen molar-refractivity contribution in [2.24, 2.45) is 11.7 Å². The Morgan fingerprint density at radius 3 is 2.91 bits per heavy atom. The van der Waals surface area contributed by atoms with E-state index in [0.29, 0.717) is 24.7 Å².